The third-order valence-corrected chi connectivity index (χ3v) is 5.18. The van der Waals surface area contributed by atoms with E-state index in [2.05, 4.69) is 6.58 Å². The average molecular weight is 428 g/mol. The van der Waals surface area contributed by atoms with Crippen LogP contribution in [0.25, 0.3) is 22.9 Å². The van der Waals surface area contributed by atoms with Crippen LogP contribution in [-0.2, 0) is 4.79 Å². The monoisotopic (exact) mass is 428 g/mol. The standard InChI is InChI=1S/C27H29BO4/c1-5-9-21-16-24-17-23(12-11-22(24)15-20(21)7-3)27(30)18-26(29)14-19(6-2)10-13-25(8-4)28(31)32/h5-13,15-17,31-32H,3,14,18H2,1-2,4H3/b9-5-,13-10-,19-6+,25-8+. The van der Waals surface area contributed by atoms with Gasteiger partial charge >= 0.3 is 7.12 Å². The van der Waals surface area contributed by atoms with Crippen LogP contribution in [0.15, 0.2) is 78.3 Å². The molecule has 0 heterocycles. The maximum atomic E-state index is 12.7. The van der Waals surface area contributed by atoms with Crippen LogP contribution < -0.4 is 0 Å². The molecule has 0 radical (unpaired) electrons. The number of allylic oxidation sites excluding steroid dienone is 7. The molecule has 0 aliphatic heterocycles. The second-order valence-corrected chi connectivity index (χ2v) is 7.42. The van der Waals surface area contributed by atoms with Gasteiger partial charge in [0.1, 0.15) is 5.78 Å². The Balaban J connectivity index is 2.16. The molecular weight excluding hydrogens is 399 g/mol. The van der Waals surface area contributed by atoms with Crippen molar-refractivity contribution in [2.75, 3.05) is 0 Å². The van der Waals surface area contributed by atoms with Crippen molar-refractivity contribution >= 4 is 41.6 Å². The van der Waals surface area contributed by atoms with Gasteiger partial charge in [-0.2, -0.15) is 0 Å². The van der Waals surface area contributed by atoms with E-state index in [4.69, 9.17) is 0 Å². The van der Waals surface area contributed by atoms with Gasteiger partial charge < -0.3 is 10.0 Å². The van der Waals surface area contributed by atoms with Gasteiger partial charge in [0.25, 0.3) is 0 Å². The zero-order valence-corrected chi connectivity index (χ0v) is 18.8. The number of carbonyl (C=O) groups excluding carboxylic acids is 2. The summed E-state index contributed by atoms with van der Waals surface area (Å²) in [4.78, 5) is 25.2. The second kappa shape index (κ2) is 11.9. The molecule has 0 aliphatic carbocycles. The van der Waals surface area contributed by atoms with Crippen molar-refractivity contribution in [2.45, 2.75) is 33.6 Å². The van der Waals surface area contributed by atoms with E-state index in [1.54, 1.807) is 50.3 Å². The van der Waals surface area contributed by atoms with Crippen LogP contribution in [0.2, 0.25) is 0 Å². The van der Waals surface area contributed by atoms with Crippen LogP contribution in [0.4, 0.5) is 0 Å². The highest BCUT2D eigenvalue weighted by molar-refractivity contribution is 6.51. The molecule has 0 unspecified atom stereocenters. The first kappa shape index (κ1) is 25.0. The van der Waals surface area contributed by atoms with Crippen molar-refractivity contribution in [1.82, 2.24) is 0 Å². The van der Waals surface area contributed by atoms with E-state index >= 15 is 0 Å². The molecule has 0 aromatic heterocycles. The molecule has 5 heteroatoms. The van der Waals surface area contributed by atoms with Crippen LogP contribution in [0.3, 0.4) is 0 Å². The van der Waals surface area contributed by atoms with Crippen LogP contribution in [-0.4, -0.2) is 28.7 Å². The molecule has 4 nitrogen and oxygen atoms in total. The van der Waals surface area contributed by atoms with Crippen molar-refractivity contribution in [2.24, 2.45) is 0 Å². The molecule has 164 valence electrons. The van der Waals surface area contributed by atoms with Gasteiger partial charge in [-0.05, 0) is 71.9 Å². The Hall–Kier alpha value is -3.28. The molecule has 2 aromatic carbocycles. The quantitative estimate of drug-likeness (QED) is 0.227. The van der Waals surface area contributed by atoms with E-state index < -0.39 is 7.12 Å². The first-order valence-corrected chi connectivity index (χ1v) is 10.6. The molecule has 0 aliphatic rings. The van der Waals surface area contributed by atoms with E-state index in [0.717, 1.165) is 21.9 Å². The van der Waals surface area contributed by atoms with Gasteiger partial charge in [-0.1, -0.05) is 61.2 Å². The Morgan fingerprint density at radius 1 is 0.938 bits per heavy atom. The topological polar surface area (TPSA) is 74.6 Å². The summed E-state index contributed by atoms with van der Waals surface area (Å²) in [5, 5.41) is 20.5. The highest BCUT2D eigenvalue weighted by Crippen LogP contribution is 2.24. The van der Waals surface area contributed by atoms with Crippen molar-refractivity contribution in [3.63, 3.8) is 0 Å². The van der Waals surface area contributed by atoms with E-state index in [9.17, 15) is 19.6 Å². The maximum Gasteiger partial charge on any atom is 0.488 e. The Bertz CT molecular complexity index is 1130. The molecule has 0 bridgehead atoms. The van der Waals surface area contributed by atoms with Gasteiger partial charge in [0.2, 0.25) is 0 Å². The summed E-state index contributed by atoms with van der Waals surface area (Å²) in [6, 6.07) is 9.50. The van der Waals surface area contributed by atoms with Crippen LogP contribution in [0, 0.1) is 0 Å². The molecule has 0 spiro atoms. The number of Topliss-reactive ketones (excluding diaryl/α,β-unsaturated/α-hetero) is 2. The molecular formula is C27H29BO4. The van der Waals surface area contributed by atoms with Crippen molar-refractivity contribution in [1.29, 1.82) is 0 Å². The molecule has 0 atom stereocenters. The van der Waals surface area contributed by atoms with E-state index in [-0.39, 0.29) is 24.4 Å². The van der Waals surface area contributed by atoms with Gasteiger partial charge in [0.05, 0.1) is 6.42 Å². The highest BCUT2D eigenvalue weighted by atomic mass is 16.4. The summed E-state index contributed by atoms with van der Waals surface area (Å²) in [5.41, 5.74) is 3.58. The lowest BCUT2D eigenvalue weighted by Gasteiger charge is -2.08. The van der Waals surface area contributed by atoms with Crippen LogP contribution in [0.5, 0.6) is 0 Å². The lowest BCUT2D eigenvalue weighted by atomic mass is 9.78. The Morgan fingerprint density at radius 3 is 2.25 bits per heavy atom. The van der Waals surface area contributed by atoms with Gasteiger partial charge in [0.15, 0.2) is 5.78 Å². The van der Waals surface area contributed by atoms with E-state index in [0.29, 0.717) is 16.6 Å². The number of hydrogen-bond acceptors (Lipinski definition) is 4. The second-order valence-electron chi connectivity index (χ2n) is 7.42. The average Bonchev–Trinajstić information content (AvgIpc) is 2.77. The SMILES string of the molecule is C=Cc1cc2ccc(C(=O)CC(=O)CC(/C=C\C(=C/C)B(O)O)=C/C)cc2cc1/C=C\C. The molecule has 2 rings (SSSR count). The predicted octanol–water partition coefficient (Wildman–Crippen LogP) is 5.51. The van der Waals surface area contributed by atoms with Gasteiger partial charge in [0, 0.05) is 12.0 Å². The fraction of sp³-hybridized carbons (Fsp3) is 0.185. The molecule has 0 fully saturated rings. The minimum atomic E-state index is -1.57. The lowest BCUT2D eigenvalue weighted by molar-refractivity contribution is -0.117. The summed E-state index contributed by atoms with van der Waals surface area (Å²) >= 11 is 0. The summed E-state index contributed by atoms with van der Waals surface area (Å²) in [6.45, 7) is 9.30. The predicted molar refractivity (Wildman–Crippen MR) is 134 cm³/mol. The summed E-state index contributed by atoms with van der Waals surface area (Å²) in [6.07, 6.45) is 12.2. The number of hydrogen-bond donors (Lipinski definition) is 2. The normalized spacial score (nSPS) is 12.7. The molecule has 0 saturated carbocycles. The summed E-state index contributed by atoms with van der Waals surface area (Å²) < 4.78 is 0. The summed E-state index contributed by atoms with van der Waals surface area (Å²) in [7, 11) is -1.57. The first-order chi connectivity index (χ1) is 15.3. The fourth-order valence-corrected chi connectivity index (χ4v) is 3.37. The minimum Gasteiger partial charge on any atom is -0.423 e. The highest BCUT2D eigenvalue weighted by Gasteiger charge is 2.15. The Labute approximate surface area is 190 Å². The molecule has 0 amide bonds. The number of ketones is 2. The minimum absolute atomic E-state index is 0.0962. The number of rotatable bonds is 10. The number of carbonyl (C=O) groups is 2. The molecule has 2 aromatic rings. The zero-order valence-electron chi connectivity index (χ0n) is 18.8. The van der Waals surface area contributed by atoms with Crippen molar-refractivity contribution in [3.8, 4) is 0 Å². The molecule has 0 saturated heterocycles. The summed E-state index contributed by atoms with van der Waals surface area (Å²) in [5.74, 6) is -0.423. The smallest absolute Gasteiger partial charge is 0.423 e. The van der Waals surface area contributed by atoms with E-state index in [1.807, 2.05) is 43.3 Å². The third-order valence-electron chi connectivity index (χ3n) is 5.18. The Kier molecular flexibility index (Phi) is 9.32. The first-order valence-electron chi connectivity index (χ1n) is 10.6. The van der Waals surface area contributed by atoms with Gasteiger partial charge in [-0.15, -0.1) is 0 Å². The number of benzene rings is 2. The van der Waals surface area contributed by atoms with Crippen molar-refractivity contribution in [3.05, 3.63) is 95.0 Å². The lowest BCUT2D eigenvalue weighted by Crippen LogP contribution is -2.13. The largest absolute Gasteiger partial charge is 0.488 e. The van der Waals surface area contributed by atoms with Crippen LogP contribution in [0.1, 0.15) is 55.1 Å². The maximum absolute atomic E-state index is 12.7. The third kappa shape index (κ3) is 6.61. The number of fused-ring (bicyclic) bond motifs is 1. The fourth-order valence-electron chi connectivity index (χ4n) is 3.37. The van der Waals surface area contributed by atoms with Crippen LogP contribution >= 0.6 is 0 Å². The van der Waals surface area contributed by atoms with Crippen molar-refractivity contribution < 1.29 is 19.6 Å². The van der Waals surface area contributed by atoms with E-state index in [1.165, 1.54) is 0 Å². The molecule has 32 heavy (non-hydrogen) atoms. The van der Waals surface area contributed by atoms with Gasteiger partial charge in [-0.25, -0.2) is 0 Å². The molecule has 2 N–H and O–H groups in total. The zero-order chi connectivity index (χ0) is 23.7. The van der Waals surface area contributed by atoms with Gasteiger partial charge in [-0.3, -0.25) is 9.59 Å². The Morgan fingerprint density at radius 2 is 1.66 bits per heavy atom.